The number of benzene rings is 1. The molecule has 0 fully saturated rings. The molecule has 2 heterocycles. The SMILES string of the molecule is Nc1nc(Nc2ccc(Br)cc2F)c2ccsc2n1. The number of nitrogens with zero attached hydrogens (tertiary/aromatic N) is 2. The van der Waals surface area contributed by atoms with Crippen molar-refractivity contribution < 1.29 is 4.39 Å². The van der Waals surface area contributed by atoms with Crippen molar-refractivity contribution in [3.63, 3.8) is 0 Å². The molecule has 0 saturated heterocycles. The van der Waals surface area contributed by atoms with Crippen molar-refractivity contribution in [3.05, 3.63) is 39.9 Å². The molecule has 0 atom stereocenters. The summed E-state index contributed by atoms with van der Waals surface area (Å²) in [5, 5.41) is 5.66. The standard InChI is InChI=1S/C12H8BrFN4S/c13-6-1-2-9(8(14)5-6)16-10-7-3-4-19-11(7)18-12(15)17-10/h1-5H,(H3,15,16,17,18). The van der Waals surface area contributed by atoms with Gasteiger partial charge in [-0.3, -0.25) is 0 Å². The van der Waals surface area contributed by atoms with Crippen LogP contribution in [-0.4, -0.2) is 9.97 Å². The predicted octanol–water partition coefficient (Wildman–Crippen LogP) is 3.92. The van der Waals surface area contributed by atoms with Gasteiger partial charge in [-0.15, -0.1) is 11.3 Å². The number of nitrogens with one attached hydrogen (secondary N) is 1. The molecule has 3 rings (SSSR count). The number of halogens is 2. The molecule has 0 amide bonds. The number of rotatable bonds is 2. The molecule has 3 N–H and O–H groups in total. The highest BCUT2D eigenvalue weighted by molar-refractivity contribution is 9.10. The summed E-state index contributed by atoms with van der Waals surface area (Å²) in [5.41, 5.74) is 5.98. The van der Waals surface area contributed by atoms with E-state index >= 15 is 0 Å². The molecule has 0 aliphatic carbocycles. The van der Waals surface area contributed by atoms with Gasteiger partial charge >= 0.3 is 0 Å². The summed E-state index contributed by atoms with van der Waals surface area (Å²) in [6.07, 6.45) is 0. The number of nitrogen functional groups attached to an aromatic ring is 1. The highest BCUT2D eigenvalue weighted by Crippen LogP contribution is 2.29. The van der Waals surface area contributed by atoms with Gasteiger partial charge in [-0.1, -0.05) is 15.9 Å². The zero-order valence-electron chi connectivity index (χ0n) is 9.52. The molecule has 1 aromatic carbocycles. The molecule has 0 aliphatic heterocycles. The van der Waals surface area contributed by atoms with Crippen molar-refractivity contribution in [1.82, 2.24) is 9.97 Å². The summed E-state index contributed by atoms with van der Waals surface area (Å²) in [7, 11) is 0. The van der Waals surface area contributed by atoms with Crippen LogP contribution >= 0.6 is 27.3 Å². The number of hydrogen-bond acceptors (Lipinski definition) is 5. The van der Waals surface area contributed by atoms with E-state index in [4.69, 9.17) is 5.73 Å². The number of hydrogen-bond donors (Lipinski definition) is 2. The Kier molecular flexibility index (Phi) is 3.08. The summed E-state index contributed by atoms with van der Waals surface area (Å²) in [6.45, 7) is 0. The Labute approximate surface area is 120 Å². The van der Waals surface area contributed by atoms with Gasteiger partial charge in [-0.2, -0.15) is 4.98 Å². The monoisotopic (exact) mass is 338 g/mol. The molecule has 0 aliphatic rings. The van der Waals surface area contributed by atoms with E-state index in [0.717, 1.165) is 10.2 Å². The summed E-state index contributed by atoms with van der Waals surface area (Å²) in [5.74, 6) is 0.301. The van der Waals surface area contributed by atoms with Crippen LogP contribution in [0.2, 0.25) is 0 Å². The minimum atomic E-state index is -0.366. The minimum Gasteiger partial charge on any atom is -0.368 e. The first kappa shape index (κ1) is 12.3. The van der Waals surface area contributed by atoms with E-state index in [1.807, 2.05) is 11.4 Å². The van der Waals surface area contributed by atoms with Crippen LogP contribution in [0.4, 0.5) is 21.8 Å². The van der Waals surface area contributed by atoms with Gasteiger partial charge in [0.1, 0.15) is 16.5 Å². The van der Waals surface area contributed by atoms with E-state index in [0.29, 0.717) is 16.0 Å². The van der Waals surface area contributed by atoms with Crippen molar-refractivity contribution >= 4 is 54.9 Å². The molecule has 7 heteroatoms. The van der Waals surface area contributed by atoms with Crippen molar-refractivity contribution in [2.45, 2.75) is 0 Å². The predicted molar refractivity (Wildman–Crippen MR) is 79.2 cm³/mol. The second-order valence-corrected chi connectivity index (χ2v) is 5.63. The van der Waals surface area contributed by atoms with E-state index in [2.05, 4.69) is 31.2 Å². The second-order valence-electron chi connectivity index (χ2n) is 3.82. The lowest BCUT2D eigenvalue weighted by Gasteiger charge is -2.08. The van der Waals surface area contributed by atoms with Gasteiger partial charge in [0.15, 0.2) is 0 Å². The number of thiophene rings is 1. The number of nitrogens with two attached hydrogens (primary N) is 1. The zero-order chi connectivity index (χ0) is 13.4. The highest BCUT2D eigenvalue weighted by Gasteiger charge is 2.10. The average molecular weight is 339 g/mol. The molecule has 0 saturated carbocycles. The lowest BCUT2D eigenvalue weighted by molar-refractivity contribution is 0.631. The summed E-state index contributed by atoms with van der Waals surface area (Å²) >= 11 is 4.68. The Bertz CT molecular complexity index is 759. The second kappa shape index (κ2) is 4.75. The third kappa shape index (κ3) is 2.39. The fourth-order valence-corrected chi connectivity index (χ4v) is 2.79. The maximum absolute atomic E-state index is 13.8. The molecule has 3 aromatic rings. The van der Waals surface area contributed by atoms with Crippen molar-refractivity contribution in [2.24, 2.45) is 0 Å². The van der Waals surface area contributed by atoms with Crippen LogP contribution in [-0.2, 0) is 0 Å². The molecule has 2 aromatic heterocycles. The quantitative estimate of drug-likeness (QED) is 0.743. The first-order valence-electron chi connectivity index (χ1n) is 5.36. The maximum Gasteiger partial charge on any atom is 0.223 e. The molecule has 0 unspecified atom stereocenters. The number of aromatic nitrogens is 2. The van der Waals surface area contributed by atoms with Gasteiger partial charge in [-0.25, -0.2) is 9.37 Å². The number of fused-ring (bicyclic) bond motifs is 1. The van der Waals surface area contributed by atoms with Gasteiger partial charge in [0.2, 0.25) is 5.95 Å². The molecule has 0 spiro atoms. The maximum atomic E-state index is 13.8. The average Bonchev–Trinajstić information content (AvgIpc) is 2.80. The lowest BCUT2D eigenvalue weighted by Crippen LogP contribution is -2.01. The molecule has 96 valence electrons. The highest BCUT2D eigenvalue weighted by atomic mass is 79.9. The van der Waals surface area contributed by atoms with Crippen LogP contribution in [0.25, 0.3) is 10.2 Å². The third-order valence-corrected chi connectivity index (χ3v) is 3.83. The van der Waals surface area contributed by atoms with Gasteiger partial charge in [0.05, 0.1) is 11.1 Å². The Morgan fingerprint density at radius 2 is 2.11 bits per heavy atom. The normalized spacial score (nSPS) is 10.8. The fourth-order valence-electron chi connectivity index (χ4n) is 1.69. The summed E-state index contributed by atoms with van der Waals surface area (Å²) in [6, 6.07) is 6.65. The van der Waals surface area contributed by atoms with E-state index in [-0.39, 0.29) is 11.8 Å². The van der Waals surface area contributed by atoms with Crippen LogP contribution in [0.15, 0.2) is 34.1 Å². The van der Waals surface area contributed by atoms with Crippen LogP contribution < -0.4 is 11.1 Å². The molecular weight excluding hydrogens is 331 g/mol. The fraction of sp³-hybridized carbons (Fsp3) is 0. The van der Waals surface area contributed by atoms with Gasteiger partial charge < -0.3 is 11.1 Å². The van der Waals surface area contributed by atoms with E-state index < -0.39 is 0 Å². The van der Waals surface area contributed by atoms with E-state index in [1.165, 1.54) is 17.4 Å². The van der Waals surface area contributed by atoms with Crippen LogP contribution in [0.1, 0.15) is 0 Å². The lowest BCUT2D eigenvalue weighted by atomic mass is 10.3. The van der Waals surface area contributed by atoms with Crippen LogP contribution in [0.5, 0.6) is 0 Å². The summed E-state index contributed by atoms with van der Waals surface area (Å²) in [4.78, 5) is 9.01. The molecule has 0 radical (unpaired) electrons. The Balaban J connectivity index is 2.07. The summed E-state index contributed by atoms with van der Waals surface area (Å²) < 4.78 is 14.5. The van der Waals surface area contributed by atoms with Crippen molar-refractivity contribution in [3.8, 4) is 0 Å². The van der Waals surface area contributed by atoms with Gasteiger partial charge in [0, 0.05) is 4.47 Å². The Hall–Kier alpha value is -1.73. The van der Waals surface area contributed by atoms with Gasteiger partial charge in [-0.05, 0) is 29.6 Å². The molecular formula is C12H8BrFN4S. The molecule has 4 nitrogen and oxygen atoms in total. The molecule has 0 bridgehead atoms. The zero-order valence-corrected chi connectivity index (χ0v) is 11.9. The van der Waals surface area contributed by atoms with Crippen molar-refractivity contribution in [2.75, 3.05) is 11.1 Å². The minimum absolute atomic E-state index is 0.162. The largest absolute Gasteiger partial charge is 0.368 e. The Morgan fingerprint density at radius 1 is 1.26 bits per heavy atom. The first-order chi connectivity index (χ1) is 9.13. The van der Waals surface area contributed by atoms with Crippen LogP contribution in [0, 0.1) is 5.82 Å². The van der Waals surface area contributed by atoms with Gasteiger partial charge in [0.25, 0.3) is 0 Å². The smallest absolute Gasteiger partial charge is 0.223 e. The molecule has 19 heavy (non-hydrogen) atoms. The topological polar surface area (TPSA) is 63.8 Å². The van der Waals surface area contributed by atoms with Crippen LogP contribution in [0.3, 0.4) is 0 Å². The first-order valence-corrected chi connectivity index (χ1v) is 7.03. The van der Waals surface area contributed by atoms with E-state index in [9.17, 15) is 4.39 Å². The number of anilines is 3. The van der Waals surface area contributed by atoms with E-state index in [1.54, 1.807) is 12.1 Å². The Morgan fingerprint density at radius 3 is 2.89 bits per heavy atom. The third-order valence-electron chi connectivity index (χ3n) is 2.53. The van der Waals surface area contributed by atoms with Crippen molar-refractivity contribution in [1.29, 1.82) is 0 Å².